The molecule has 0 spiro atoms. The summed E-state index contributed by atoms with van der Waals surface area (Å²) in [5.41, 5.74) is 5.52. The summed E-state index contributed by atoms with van der Waals surface area (Å²) in [7, 11) is -3.61. The van der Waals surface area contributed by atoms with Gasteiger partial charge in [-0.25, -0.2) is 13.1 Å². The van der Waals surface area contributed by atoms with Crippen molar-refractivity contribution in [3.05, 3.63) is 29.8 Å². The average Bonchev–Trinajstić information content (AvgIpc) is 2.43. The van der Waals surface area contributed by atoms with Crippen LogP contribution in [-0.4, -0.2) is 32.5 Å². The maximum atomic E-state index is 12.3. The Morgan fingerprint density at radius 3 is 2.08 bits per heavy atom. The van der Waals surface area contributed by atoms with E-state index in [1.807, 2.05) is 0 Å². The van der Waals surface area contributed by atoms with Gasteiger partial charge >= 0.3 is 0 Å². The number of sulfonamides is 1. The highest BCUT2D eigenvalue weighted by Crippen LogP contribution is 2.14. The lowest BCUT2D eigenvalue weighted by Gasteiger charge is -2.20. The van der Waals surface area contributed by atoms with Crippen LogP contribution >= 0.6 is 12.4 Å². The lowest BCUT2D eigenvalue weighted by atomic mass is 10.0. The number of halogens is 1. The molecule has 0 aliphatic carbocycles. The first kappa shape index (κ1) is 23.9. The van der Waals surface area contributed by atoms with E-state index < -0.39 is 15.6 Å². The zero-order valence-electron chi connectivity index (χ0n) is 15.5. The van der Waals surface area contributed by atoms with E-state index in [4.69, 9.17) is 5.73 Å². The highest BCUT2D eigenvalue weighted by atomic mass is 35.5. The largest absolute Gasteiger partial charge is 0.348 e. The third-order valence-corrected chi connectivity index (χ3v) is 5.02. The van der Waals surface area contributed by atoms with Crippen molar-refractivity contribution in [1.29, 1.82) is 0 Å². The standard InChI is InChI=1S/C17H29N3O3S.ClH/c1-12(2)10-14(11-18)19-16(21)13-6-8-15(9-7-13)24(22,23)20-17(3,4)5;/h6-9,12,14,20H,10-11,18H2,1-5H3,(H,19,21);1H. The molecule has 0 bridgehead atoms. The van der Waals surface area contributed by atoms with Gasteiger partial charge in [-0.05, 0) is 57.4 Å². The number of nitrogens with two attached hydrogens (primary N) is 1. The molecule has 8 heteroatoms. The van der Waals surface area contributed by atoms with Crippen molar-refractivity contribution in [2.24, 2.45) is 11.7 Å². The van der Waals surface area contributed by atoms with E-state index in [-0.39, 0.29) is 29.3 Å². The molecular formula is C17H30ClN3O3S. The van der Waals surface area contributed by atoms with Crippen LogP contribution in [0.2, 0.25) is 0 Å². The highest BCUT2D eigenvalue weighted by Gasteiger charge is 2.22. The van der Waals surface area contributed by atoms with Crippen LogP contribution in [0.4, 0.5) is 0 Å². The van der Waals surface area contributed by atoms with Crippen molar-refractivity contribution >= 4 is 28.3 Å². The zero-order valence-corrected chi connectivity index (χ0v) is 17.1. The topological polar surface area (TPSA) is 101 Å². The van der Waals surface area contributed by atoms with Gasteiger partial charge in [0.05, 0.1) is 4.90 Å². The van der Waals surface area contributed by atoms with Gasteiger partial charge < -0.3 is 11.1 Å². The van der Waals surface area contributed by atoms with E-state index in [1.165, 1.54) is 24.3 Å². The molecule has 1 unspecified atom stereocenters. The van der Waals surface area contributed by atoms with Gasteiger partial charge in [0.1, 0.15) is 0 Å². The van der Waals surface area contributed by atoms with Gasteiger partial charge in [-0.3, -0.25) is 4.79 Å². The Morgan fingerprint density at radius 2 is 1.68 bits per heavy atom. The second kappa shape index (κ2) is 9.52. The molecule has 0 aromatic heterocycles. The van der Waals surface area contributed by atoms with Crippen molar-refractivity contribution in [2.45, 2.75) is 57.5 Å². The van der Waals surface area contributed by atoms with E-state index in [9.17, 15) is 13.2 Å². The molecule has 6 nitrogen and oxygen atoms in total. The SMILES string of the molecule is CC(C)CC(CN)NC(=O)c1ccc(S(=O)(=O)NC(C)(C)C)cc1.Cl. The number of hydrogen-bond donors (Lipinski definition) is 3. The normalized spacial score (nSPS) is 13.2. The molecule has 144 valence electrons. The minimum atomic E-state index is -3.61. The molecule has 1 rings (SSSR count). The van der Waals surface area contributed by atoms with Crippen LogP contribution in [-0.2, 0) is 10.0 Å². The van der Waals surface area contributed by atoms with E-state index in [2.05, 4.69) is 23.9 Å². The number of benzene rings is 1. The van der Waals surface area contributed by atoms with E-state index in [0.29, 0.717) is 18.0 Å². The molecule has 1 amide bonds. The summed E-state index contributed by atoms with van der Waals surface area (Å²) in [5, 5.41) is 2.88. The summed E-state index contributed by atoms with van der Waals surface area (Å²) in [5.74, 6) is 0.175. The Bertz CT molecular complexity index is 653. The third-order valence-electron chi connectivity index (χ3n) is 3.24. The smallest absolute Gasteiger partial charge is 0.251 e. The molecule has 0 heterocycles. The van der Waals surface area contributed by atoms with Crippen LogP contribution in [0.25, 0.3) is 0 Å². The molecule has 1 aromatic carbocycles. The average molecular weight is 392 g/mol. The predicted molar refractivity (Wildman–Crippen MR) is 104 cm³/mol. The number of carbonyl (C=O) groups excluding carboxylic acids is 1. The number of nitrogens with one attached hydrogen (secondary N) is 2. The van der Waals surface area contributed by atoms with Crippen molar-refractivity contribution in [3.63, 3.8) is 0 Å². The van der Waals surface area contributed by atoms with Crippen LogP contribution in [0.1, 0.15) is 51.4 Å². The van der Waals surface area contributed by atoms with Crippen molar-refractivity contribution in [3.8, 4) is 0 Å². The predicted octanol–water partition coefficient (Wildman–Crippen LogP) is 2.29. The maximum absolute atomic E-state index is 12.3. The molecule has 0 saturated carbocycles. The fourth-order valence-corrected chi connectivity index (χ4v) is 3.72. The van der Waals surface area contributed by atoms with Gasteiger partial charge in [-0.15, -0.1) is 12.4 Å². The Morgan fingerprint density at radius 1 is 1.16 bits per heavy atom. The van der Waals surface area contributed by atoms with E-state index in [1.54, 1.807) is 20.8 Å². The molecule has 0 fully saturated rings. The van der Waals surface area contributed by atoms with Crippen molar-refractivity contribution < 1.29 is 13.2 Å². The second-order valence-electron chi connectivity index (χ2n) is 7.42. The molecule has 0 radical (unpaired) electrons. The lowest BCUT2D eigenvalue weighted by molar-refractivity contribution is 0.0933. The Kier molecular flexibility index (Phi) is 9.08. The van der Waals surface area contributed by atoms with Gasteiger partial charge in [0, 0.05) is 23.7 Å². The van der Waals surface area contributed by atoms with Gasteiger partial charge in [0.2, 0.25) is 10.0 Å². The fourth-order valence-electron chi connectivity index (χ4n) is 2.30. The zero-order chi connectivity index (χ0) is 18.5. The van der Waals surface area contributed by atoms with Gasteiger partial charge in [0.25, 0.3) is 5.91 Å². The van der Waals surface area contributed by atoms with Crippen LogP contribution < -0.4 is 15.8 Å². The second-order valence-corrected chi connectivity index (χ2v) is 9.10. The van der Waals surface area contributed by atoms with Gasteiger partial charge in [0.15, 0.2) is 0 Å². The first-order chi connectivity index (χ1) is 10.9. The fraction of sp³-hybridized carbons (Fsp3) is 0.588. The number of amides is 1. The number of carbonyl (C=O) groups is 1. The van der Waals surface area contributed by atoms with Crippen LogP contribution in [0.3, 0.4) is 0 Å². The van der Waals surface area contributed by atoms with Gasteiger partial charge in [-0.1, -0.05) is 13.8 Å². The summed E-state index contributed by atoms with van der Waals surface area (Å²) in [6.07, 6.45) is 0.796. The summed E-state index contributed by atoms with van der Waals surface area (Å²) < 4.78 is 27.1. The Balaban J connectivity index is 0.00000576. The molecule has 0 aliphatic rings. The molecule has 25 heavy (non-hydrogen) atoms. The molecule has 0 saturated heterocycles. The molecular weight excluding hydrogens is 362 g/mol. The molecule has 4 N–H and O–H groups in total. The minimum Gasteiger partial charge on any atom is -0.348 e. The summed E-state index contributed by atoms with van der Waals surface area (Å²) in [4.78, 5) is 12.4. The first-order valence-electron chi connectivity index (χ1n) is 8.09. The number of hydrogen-bond acceptors (Lipinski definition) is 4. The highest BCUT2D eigenvalue weighted by molar-refractivity contribution is 7.89. The van der Waals surface area contributed by atoms with Gasteiger partial charge in [-0.2, -0.15) is 0 Å². The Labute approximate surface area is 157 Å². The minimum absolute atomic E-state index is 0. The molecule has 1 atom stereocenters. The lowest BCUT2D eigenvalue weighted by Crippen LogP contribution is -2.41. The monoisotopic (exact) mass is 391 g/mol. The summed E-state index contributed by atoms with van der Waals surface area (Å²) in [6.45, 7) is 9.81. The van der Waals surface area contributed by atoms with Crippen LogP contribution in [0.5, 0.6) is 0 Å². The summed E-state index contributed by atoms with van der Waals surface area (Å²) >= 11 is 0. The molecule has 1 aromatic rings. The Hall–Kier alpha value is -1.15. The third kappa shape index (κ3) is 8.18. The van der Waals surface area contributed by atoms with E-state index >= 15 is 0 Å². The van der Waals surface area contributed by atoms with Crippen LogP contribution in [0, 0.1) is 5.92 Å². The van der Waals surface area contributed by atoms with Crippen LogP contribution in [0.15, 0.2) is 29.2 Å². The number of rotatable bonds is 7. The molecule has 0 aliphatic heterocycles. The summed E-state index contributed by atoms with van der Waals surface area (Å²) in [6, 6.07) is 5.79. The van der Waals surface area contributed by atoms with E-state index in [0.717, 1.165) is 6.42 Å². The first-order valence-corrected chi connectivity index (χ1v) is 9.58. The quantitative estimate of drug-likeness (QED) is 0.663. The van der Waals surface area contributed by atoms with Crippen molar-refractivity contribution in [2.75, 3.05) is 6.54 Å². The maximum Gasteiger partial charge on any atom is 0.251 e. The van der Waals surface area contributed by atoms with Crippen molar-refractivity contribution in [1.82, 2.24) is 10.0 Å².